The second kappa shape index (κ2) is 8.25. The molecular weight excluding hydrogens is 376 g/mol. The van der Waals surface area contributed by atoms with Gasteiger partial charge in [-0.1, -0.05) is 22.0 Å². The number of halogens is 1. The van der Waals surface area contributed by atoms with E-state index in [-0.39, 0.29) is 4.90 Å². The summed E-state index contributed by atoms with van der Waals surface area (Å²) in [7, 11) is -3.83. The average Bonchev–Trinajstić information content (AvgIpc) is 2.45. The van der Waals surface area contributed by atoms with Gasteiger partial charge in [0, 0.05) is 11.0 Å². The van der Waals surface area contributed by atoms with E-state index in [9.17, 15) is 18.0 Å². The summed E-state index contributed by atoms with van der Waals surface area (Å²) in [5.41, 5.74) is 0. The number of amides is 1. The minimum atomic E-state index is -3.83. The number of esters is 1. The molecule has 9 heteroatoms. The van der Waals surface area contributed by atoms with E-state index >= 15 is 0 Å². The Hall–Kier alpha value is -1.45. The molecular formula is C13H17BrN2O5S. The highest BCUT2D eigenvalue weighted by molar-refractivity contribution is 9.10. The highest BCUT2D eigenvalue weighted by Crippen LogP contribution is 2.15. The Morgan fingerprint density at radius 3 is 2.64 bits per heavy atom. The molecule has 1 atom stereocenters. The third-order valence-electron chi connectivity index (χ3n) is 2.54. The Balaban J connectivity index is 2.58. The highest BCUT2D eigenvalue weighted by Gasteiger charge is 2.20. The maximum absolute atomic E-state index is 12.0. The van der Waals surface area contributed by atoms with Crippen LogP contribution in [0.4, 0.5) is 0 Å². The fourth-order valence-electron chi connectivity index (χ4n) is 1.48. The summed E-state index contributed by atoms with van der Waals surface area (Å²) in [6.45, 7) is 3.00. The summed E-state index contributed by atoms with van der Waals surface area (Å²) in [6.07, 6.45) is -0.983. The molecule has 1 aromatic carbocycles. The molecule has 22 heavy (non-hydrogen) atoms. The standard InChI is InChI=1S/C13H17BrN2O5S/c1-3-15-13(18)9(2)21-12(17)8-16-22(19,20)11-6-4-5-10(14)7-11/h4-7,9,16H,3,8H2,1-2H3,(H,15,18)/t9-/m1/s1. The molecule has 2 N–H and O–H groups in total. The number of likely N-dealkylation sites (N-methyl/N-ethyl adjacent to an activating group) is 1. The van der Waals surface area contributed by atoms with Crippen LogP contribution >= 0.6 is 15.9 Å². The first-order valence-electron chi connectivity index (χ1n) is 6.48. The molecule has 0 aliphatic rings. The molecule has 0 aromatic heterocycles. The molecule has 1 rings (SSSR count). The smallest absolute Gasteiger partial charge is 0.321 e. The lowest BCUT2D eigenvalue weighted by Gasteiger charge is -2.13. The van der Waals surface area contributed by atoms with Crippen LogP contribution in [-0.2, 0) is 24.3 Å². The van der Waals surface area contributed by atoms with Crippen LogP contribution in [-0.4, -0.2) is 39.5 Å². The van der Waals surface area contributed by atoms with Crippen LogP contribution in [0, 0.1) is 0 Å². The van der Waals surface area contributed by atoms with Crippen LogP contribution in [0.15, 0.2) is 33.6 Å². The first-order chi connectivity index (χ1) is 10.3. The minimum Gasteiger partial charge on any atom is -0.452 e. The summed E-state index contributed by atoms with van der Waals surface area (Å²) in [5.74, 6) is -1.27. The van der Waals surface area contributed by atoms with Gasteiger partial charge in [-0.25, -0.2) is 8.42 Å². The van der Waals surface area contributed by atoms with Crippen molar-refractivity contribution in [2.75, 3.05) is 13.1 Å². The number of hydrogen-bond donors (Lipinski definition) is 2. The third kappa shape index (κ3) is 5.74. The molecule has 0 aliphatic carbocycles. The van der Waals surface area contributed by atoms with Gasteiger partial charge in [-0.2, -0.15) is 4.72 Å². The highest BCUT2D eigenvalue weighted by atomic mass is 79.9. The lowest BCUT2D eigenvalue weighted by molar-refractivity contribution is -0.153. The molecule has 0 spiro atoms. The number of rotatable bonds is 7. The topological polar surface area (TPSA) is 102 Å². The van der Waals surface area contributed by atoms with Gasteiger partial charge >= 0.3 is 5.97 Å². The molecule has 1 amide bonds. The van der Waals surface area contributed by atoms with Gasteiger partial charge < -0.3 is 10.1 Å². The molecule has 0 unspecified atom stereocenters. The van der Waals surface area contributed by atoms with Crippen molar-refractivity contribution in [2.45, 2.75) is 24.8 Å². The predicted molar refractivity (Wildman–Crippen MR) is 83.6 cm³/mol. The summed E-state index contributed by atoms with van der Waals surface area (Å²) >= 11 is 3.17. The van der Waals surface area contributed by atoms with Gasteiger partial charge in [-0.15, -0.1) is 0 Å². The molecule has 0 heterocycles. The van der Waals surface area contributed by atoms with E-state index in [0.717, 1.165) is 0 Å². The van der Waals surface area contributed by atoms with Crippen molar-refractivity contribution in [3.8, 4) is 0 Å². The minimum absolute atomic E-state index is 0.0199. The van der Waals surface area contributed by atoms with Crippen molar-refractivity contribution < 1.29 is 22.7 Å². The van der Waals surface area contributed by atoms with Gasteiger partial charge in [-0.3, -0.25) is 9.59 Å². The molecule has 0 saturated heterocycles. The maximum atomic E-state index is 12.0. The molecule has 7 nitrogen and oxygen atoms in total. The van der Waals surface area contributed by atoms with Gasteiger partial charge in [0.15, 0.2) is 6.10 Å². The van der Waals surface area contributed by atoms with Gasteiger partial charge in [0.05, 0.1) is 4.90 Å². The fourth-order valence-corrected chi connectivity index (χ4v) is 3.05. The Labute approximate surface area is 137 Å². The Morgan fingerprint density at radius 2 is 2.05 bits per heavy atom. The lowest BCUT2D eigenvalue weighted by atomic mass is 10.4. The zero-order valence-electron chi connectivity index (χ0n) is 12.1. The number of nitrogens with one attached hydrogen (secondary N) is 2. The predicted octanol–water partition coefficient (Wildman–Crippen LogP) is 0.795. The quantitative estimate of drug-likeness (QED) is 0.668. The normalized spacial score (nSPS) is 12.5. The van der Waals surface area contributed by atoms with E-state index in [4.69, 9.17) is 4.74 Å². The van der Waals surface area contributed by atoms with Crippen LogP contribution < -0.4 is 10.0 Å². The zero-order valence-corrected chi connectivity index (χ0v) is 14.5. The summed E-state index contributed by atoms with van der Waals surface area (Å²) in [5, 5.41) is 2.50. The van der Waals surface area contributed by atoms with E-state index in [1.54, 1.807) is 19.1 Å². The zero-order chi connectivity index (χ0) is 16.8. The Kier molecular flexibility index (Phi) is 6.98. The lowest BCUT2D eigenvalue weighted by Crippen LogP contribution is -2.38. The van der Waals surface area contributed by atoms with E-state index in [1.807, 2.05) is 0 Å². The van der Waals surface area contributed by atoms with E-state index in [0.29, 0.717) is 11.0 Å². The van der Waals surface area contributed by atoms with Crippen molar-refractivity contribution in [2.24, 2.45) is 0 Å². The van der Waals surface area contributed by atoms with E-state index < -0.39 is 34.5 Å². The molecule has 0 fully saturated rings. The molecule has 0 aliphatic heterocycles. The summed E-state index contributed by atoms with van der Waals surface area (Å²) in [4.78, 5) is 23.0. The average molecular weight is 393 g/mol. The van der Waals surface area contributed by atoms with Crippen molar-refractivity contribution in [3.63, 3.8) is 0 Å². The van der Waals surface area contributed by atoms with Crippen LogP contribution in [0.1, 0.15) is 13.8 Å². The van der Waals surface area contributed by atoms with Gasteiger partial charge in [-0.05, 0) is 32.0 Å². The summed E-state index contributed by atoms with van der Waals surface area (Å²) in [6, 6.07) is 6.05. The largest absolute Gasteiger partial charge is 0.452 e. The fraction of sp³-hybridized carbons (Fsp3) is 0.385. The number of carbonyl (C=O) groups excluding carboxylic acids is 2. The van der Waals surface area contributed by atoms with E-state index in [2.05, 4.69) is 26.0 Å². The number of benzene rings is 1. The molecule has 0 radical (unpaired) electrons. The number of carbonyl (C=O) groups is 2. The first kappa shape index (κ1) is 18.6. The van der Waals surface area contributed by atoms with Crippen LogP contribution in [0.5, 0.6) is 0 Å². The molecule has 1 aromatic rings. The Bertz CT molecular complexity index is 648. The number of ether oxygens (including phenoxy) is 1. The SMILES string of the molecule is CCNC(=O)[C@@H](C)OC(=O)CNS(=O)(=O)c1cccc(Br)c1. The van der Waals surface area contributed by atoms with Gasteiger partial charge in [0.1, 0.15) is 6.54 Å². The summed E-state index contributed by atoms with van der Waals surface area (Å²) < 4.78 is 31.5. The van der Waals surface area contributed by atoms with E-state index in [1.165, 1.54) is 19.1 Å². The van der Waals surface area contributed by atoms with Crippen LogP contribution in [0.25, 0.3) is 0 Å². The van der Waals surface area contributed by atoms with Gasteiger partial charge in [0.25, 0.3) is 5.91 Å². The van der Waals surface area contributed by atoms with Crippen molar-refractivity contribution in [1.82, 2.24) is 10.0 Å². The van der Waals surface area contributed by atoms with Gasteiger partial charge in [0.2, 0.25) is 10.0 Å². The number of sulfonamides is 1. The second-order valence-electron chi connectivity index (χ2n) is 4.31. The van der Waals surface area contributed by atoms with Crippen molar-refractivity contribution in [1.29, 1.82) is 0 Å². The third-order valence-corrected chi connectivity index (χ3v) is 4.43. The second-order valence-corrected chi connectivity index (χ2v) is 6.99. The van der Waals surface area contributed by atoms with Crippen molar-refractivity contribution in [3.05, 3.63) is 28.7 Å². The molecule has 0 saturated carbocycles. The number of hydrogen-bond acceptors (Lipinski definition) is 5. The monoisotopic (exact) mass is 392 g/mol. The molecule has 122 valence electrons. The van der Waals surface area contributed by atoms with Crippen molar-refractivity contribution >= 4 is 37.8 Å². The Morgan fingerprint density at radius 1 is 1.36 bits per heavy atom. The maximum Gasteiger partial charge on any atom is 0.321 e. The molecule has 0 bridgehead atoms. The first-order valence-corrected chi connectivity index (χ1v) is 8.76. The van der Waals surface area contributed by atoms with Crippen LogP contribution in [0.2, 0.25) is 0 Å². The van der Waals surface area contributed by atoms with Crippen LogP contribution in [0.3, 0.4) is 0 Å².